The normalized spacial score (nSPS) is 10.2. The molecule has 0 fully saturated rings. The molecule has 0 heterocycles. The van der Waals surface area contributed by atoms with Crippen molar-refractivity contribution < 1.29 is 9.53 Å². The third kappa shape index (κ3) is 3.15. The van der Waals surface area contributed by atoms with Crippen LogP contribution in [0.1, 0.15) is 10.4 Å². The minimum Gasteiger partial charge on any atom is -0.496 e. The molecule has 6 heteroatoms. The number of carbonyl (C=O) groups is 1. The minimum absolute atomic E-state index is 0.270. The monoisotopic (exact) mass is 310 g/mol. The van der Waals surface area contributed by atoms with E-state index < -0.39 is 5.91 Å². The van der Waals surface area contributed by atoms with Crippen molar-refractivity contribution in [3.63, 3.8) is 0 Å². The Morgan fingerprint density at radius 1 is 1.20 bits per heavy atom. The lowest BCUT2D eigenvalue weighted by atomic mass is 10.1. The van der Waals surface area contributed by atoms with Gasteiger partial charge in [0.15, 0.2) is 0 Å². The second kappa shape index (κ2) is 6.03. The van der Waals surface area contributed by atoms with E-state index in [4.69, 9.17) is 33.7 Å². The van der Waals surface area contributed by atoms with Gasteiger partial charge in [-0.05, 0) is 30.3 Å². The van der Waals surface area contributed by atoms with Crippen molar-refractivity contribution in [2.75, 3.05) is 18.2 Å². The van der Waals surface area contributed by atoms with Gasteiger partial charge in [-0.15, -0.1) is 0 Å². The molecule has 0 saturated carbocycles. The molecular formula is C14H12Cl2N2O2. The molecule has 2 rings (SSSR count). The lowest BCUT2D eigenvalue weighted by Gasteiger charge is -2.12. The molecule has 104 valence electrons. The molecule has 0 bridgehead atoms. The van der Waals surface area contributed by atoms with Gasteiger partial charge in [-0.3, -0.25) is 4.79 Å². The van der Waals surface area contributed by atoms with Crippen LogP contribution in [-0.4, -0.2) is 13.0 Å². The molecule has 0 aromatic heterocycles. The van der Waals surface area contributed by atoms with Crippen molar-refractivity contribution in [3.8, 4) is 5.75 Å². The number of halogens is 2. The number of nitrogens with one attached hydrogen (secondary N) is 1. The summed E-state index contributed by atoms with van der Waals surface area (Å²) in [5.74, 6) is 0.00825. The maximum absolute atomic E-state index is 12.3. The number of methoxy groups -OCH3 is 1. The topological polar surface area (TPSA) is 64.3 Å². The van der Waals surface area contributed by atoms with Crippen LogP contribution in [0.25, 0.3) is 0 Å². The molecule has 1 amide bonds. The van der Waals surface area contributed by atoms with Gasteiger partial charge in [0.25, 0.3) is 5.91 Å². The molecule has 20 heavy (non-hydrogen) atoms. The van der Waals surface area contributed by atoms with E-state index in [1.807, 2.05) is 0 Å². The van der Waals surface area contributed by atoms with E-state index in [9.17, 15) is 4.79 Å². The first-order valence-electron chi connectivity index (χ1n) is 5.71. The lowest BCUT2D eigenvalue weighted by Crippen LogP contribution is -2.15. The Balaban J connectivity index is 2.33. The van der Waals surface area contributed by atoms with Crippen LogP contribution in [0, 0.1) is 0 Å². The molecule has 0 aliphatic carbocycles. The van der Waals surface area contributed by atoms with Crippen LogP contribution in [0.2, 0.25) is 10.0 Å². The second-order valence-electron chi connectivity index (χ2n) is 4.04. The van der Waals surface area contributed by atoms with Gasteiger partial charge in [0.1, 0.15) is 11.3 Å². The van der Waals surface area contributed by atoms with Gasteiger partial charge in [-0.2, -0.15) is 0 Å². The zero-order valence-electron chi connectivity index (χ0n) is 10.6. The van der Waals surface area contributed by atoms with Gasteiger partial charge in [-0.25, -0.2) is 0 Å². The van der Waals surface area contributed by atoms with Crippen LogP contribution in [-0.2, 0) is 0 Å². The number of rotatable bonds is 3. The third-order valence-corrected chi connectivity index (χ3v) is 3.06. The summed E-state index contributed by atoms with van der Waals surface area (Å²) in [6, 6.07) is 9.77. The van der Waals surface area contributed by atoms with Gasteiger partial charge in [0.2, 0.25) is 0 Å². The predicted octanol–water partition coefficient (Wildman–Crippen LogP) is 3.84. The summed E-state index contributed by atoms with van der Waals surface area (Å²) in [4.78, 5) is 12.3. The van der Waals surface area contributed by atoms with Gasteiger partial charge in [0, 0.05) is 21.4 Å². The first-order chi connectivity index (χ1) is 9.51. The molecule has 3 N–H and O–H groups in total. The smallest absolute Gasteiger partial charge is 0.261 e. The minimum atomic E-state index is -0.390. The fraction of sp³-hybridized carbons (Fsp3) is 0.0714. The summed E-state index contributed by atoms with van der Waals surface area (Å²) in [5, 5.41) is 3.55. The average Bonchev–Trinajstić information content (AvgIpc) is 2.36. The summed E-state index contributed by atoms with van der Waals surface area (Å²) in [6.07, 6.45) is 0. The van der Waals surface area contributed by atoms with Crippen LogP contribution >= 0.6 is 23.2 Å². The van der Waals surface area contributed by atoms with E-state index in [0.717, 1.165) is 0 Å². The van der Waals surface area contributed by atoms with Crippen molar-refractivity contribution in [1.82, 2.24) is 0 Å². The first kappa shape index (κ1) is 14.5. The summed E-state index contributed by atoms with van der Waals surface area (Å²) in [7, 11) is 1.47. The van der Waals surface area contributed by atoms with E-state index in [1.165, 1.54) is 7.11 Å². The lowest BCUT2D eigenvalue weighted by molar-refractivity contribution is 0.102. The molecule has 0 saturated heterocycles. The molecule has 0 aliphatic rings. The number of benzene rings is 2. The predicted molar refractivity (Wildman–Crippen MR) is 81.8 cm³/mol. The molecular weight excluding hydrogens is 299 g/mol. The van der Waals surface area contributed by atoms with Crippen LogP contribution in [0.3, 0.4) is 0 Å². The summed E-state index contributed by atoms with van der Waals surface area (Å²) in [6.45, 7) is 0. The van der Waals surface area contributed by atoms with Crippen molar-refractivity contribution in [1.29, 1.82) is 0 Å². The number of nitrogen functional groups attached to an aromatic ring is 1. The van der Waals surface area contributed by atoms with E-state index in [-0.39, 0.29) is 5.56 Å². The number of amides is 1. The molecule has 0 atom stereocenters. The van der Waals surface area contributed by atoms with Crippen molar-refractivity contribution in [3.05, 3.63) is 52.0 Å². The van der Waals surface area contributed by atoms with Gasteiger partial charge < -0.3 is 15.8 Å². The number of anilines is 2. The molecule has 0 aliphatic heterocycles. The van der Waals surface area contributed by atoms with Gasteiger partial charge in [0.05, 0.1) is 7.11 Å². The Morgan fingerprint density at radius 2 is 1.85 bits per heavy atom. The first-order valence-corrected chi connectivity index (χ1v) is 6.47. The molecule has 4 nitrogen and oxygen atoms in total. The second-order valence-corrected chi connectivity index (χ2v) is 4.91. The van der Waals surface area contributed by atoms with Crippen molar-refractivity contribution in [2.45, 2.75) is 0 Å². The number of hydrogen-bond acceptors (Lipinski definition) is 3. The Labute approximate surface area is 126 Å². The SMILES string of the molecule is COc1cccc(N)c1C(=O)Nc1cc(Cl)cc(Cl)c1. The summed E-state index contributed by atoms with van der Waals surface area (Å²) < 4.78 is 5.14. The van der Waals surface area contributed by atoms with Crippen molar-refractivity contribution >= 4 is 40.5 Å². The summed E-state index contributed by atoms with van der Waals surface area (Å²) in [5.41, 5.74) is 6.90. The quantitative estimate of drug-likeness (QED) is 0.847. The highest BCUT2D eigenvalue weighted by molar-refractivity contribution is 6.35. The van der Waals surface area contributed by atoms with Crippen LogP contribution in [0.5, 0.6) is 5.75 Å². The Kier molecular flexibility index (Phi) is 4.37. The van der Waals surface area contributed by atoms with Crippen molar-refractivity contribution in [2.24, 2.45) is 0 Å². The number of hydrogen-bond donors (Lipinski definition) is 2. The van der Waals surface area contributed by atoms with E-state index in [1.54, 1.807) is 36.4 Å². The van der Waals surface area contributed by atoms with E-state index >= 15 is 0 Å². The maximum Gasteiger partial charge on any atom is 0.261 e. The largest absolute Gasteiger partial charge is 0.496 e. The molecule has 2 aromatic carbocycles. The standard InChI is InChI=1S/C14H12Cl2N2O2/c1-20-12-4-2-3-11(17)13(12)14(19)18-10-6-8(15)5-9(16)7-10/h2-7H,17H2,1H3,(H,18,19). The average molecular weight is 311 g/mol. The number of carbonyl (C=O) groups excluding carboxylic acids is 1. The van der Waals surface area contributed by atoms with Gasteiger partial charge >= 0.3 is 0 Å². The molecule has 0 spiro atoms. The zero-order valence-corrected chi connectivity index (χ0v) is 12.1. The fourth-order valence-electron chi connectivity index (χ4n) is 1.78. The highest BCUT2D eigenvalue weighted by Gasteiger charge is 2.16. The van der Waals surface area contributed by atoms with Crippen LogP contribution in [0.4, 0.5) is 11.4 Å². The number of ether oxygens (including phenoxy) is 1. The number of nitrogens with two attached hydrogens (primary N) is 1. The van der Waals surface area contributed by atoms with Crippen LogP contribution < -0.4 is 15.8 Å². The van der Waals surface area contributed by atoms with Crippen LogP contribution in [0.15, 0.2) is 36.4 Å². The van der Waals surface area contributed by atoms with E-state index in [0.29, 0.717) is 27.2 Å². The third-order valence-electron chi connectivity index (χ3n) is 2.63. The zero-order chi connectivity index (χ0) is 14.7. The molecule has 0 unspecified atom stereocenters. The fourth-order valence-corrected chi connectivity index (χ4v) is 2.31. The molecule has 2 aromatic rings. The van der Waals surface area contributed by atoms with E-state index in [2.05, 4.69) is 5.32 Å². The van der Waals surface area contributed by atoms with Gasteiger partial charge in [-0.1, -0.05) is 29.3 Å². The highest BCUT2D eigenvalue weighted by Crippen LogP contribution is 2.27. The summed E-state index contributed by atoms with van der Waals surface area (Å²) >= 11 is 11.8. The maximum atomic E-state index is 12.3. The Bertz CT molecular complexity index is 639. The molecule has 0 radical (unpaired) electrons. The Morgan fingerprint density at radius 3 is 2.45 bits per heavy atom. The Hall–Kier alpha value is -1.91. The highest BCUT2D eigenvalue weighted by atomic mass is 35.5.